The highest BCUT2D eigenvalue weighted by atomic mass is 35.5. The van der Waals surface area contributed by atoms with E-state index in [0.717, 1.165) is 18.3 Å². The van der Waals surface area contributed by atoms with Gasteiger partial charge in [0.25, 0.3) is 0 Å². The summed E-state index contributed by atoms with van der Waals surface area (Å²) in [6.45, 7) is 8.85. The first-order chi connectivity index (χ1) is 11.2. The monoisotopic (exact) mass is 373 g/mol. The van der Waals surface area contributed by atoms with Crippen LogP contribution in [0.15, 0.2) is 18.2 Å². The average molecular weight is 374 g/mol. The van der Waals surface area contributed by atoms with E-state index in [4.69, 9.17) is 9.47 Å². The van der Waals surface area contributed by atoms with Gasteiger partial charge < -0.3 is 24.7 Å². The number of aliphatic hydroxyl groups is 1. The van der Waals surface area contributed by atoms with Crippen molar-refractivity contribution in [2.45, 2.75) is 52.2 Å². The lowest BCUT2D eigenvalue weighted by Gasteiger charge is -2.23. The van der Waals surface area contributed by atoms with Crippen molar-refractivity contribution in [2.24, 2.45) is 5.92 Å². The van der Waals surface area contributed by atoms with Crippen LogP contribution in [0, 0.1) is 5.92 Å². The van der Waals surface area contributed by atoms with E-state index in [0.29, 0.717) is 24.5 Å². The van der Waals surface area contributed by atoms with Crippen molar-refractivity contribution in [1.82, 2.24) is 5.32 Å². The Hall–Kier alpha value is -1.30. The fourth-order valence-corrected chi connectivity index (χ4v) is 2.26. The molecule has 25 heavy (non-hydrogen) atoms. The lowest BCUT2D eigenvalue weighted by atomic mass is 9.98. The summed E-state index contributed by atoms with van der Waals surface area (Å²) in [5.74, 6) is 1.65. The van der Waals surface area contributed by atoms with Crippen molar-refractivity contribution in [1.29, 1.82) is 0 Å². The van der Waals surface area contributed by atoms with Crippen molar-refractivity contribution >= 4 is 18.7 Å². The standard InChI is InChI=1S/C19H31NO4.ClH/c1-14(8-9-21)10-15-6-7-17(23-5)11-18(15)24-13-16(22)12-20-19(2,3)4;/h6-7,9,11,14,16,20,22H,8,10,12-13H2,1-5H3;1H/t14-,16?;/m0./s1. The van der Waals surface area contributed by atoms with Crippen LogP contribution in [0.1, 0.15) is 39.7 Å². The van der Waals surface area contributed by atoms with Crippen LogP contribution in [0.4, 0.5) is 0 Å². The topological polar surface area (TPSA) is 67.8 Å². The third-order valence-corrected chi connectivity index (χ3v) is 3.64. The Balaban J connectivity index is 0.00000576. The van der Waals surface area contributed by atoms with Gasteiger partial charge in [-0.15, -0.1) is 12.4 Å². The summed E-state index contributed by atoms with van der Waals surface area (Å²) in [5.41, 5.74) is 0.966. The normalized spacial score (nSPS) is 13.5. The largest absolute Gasteiger partial charge is 0.497 e. The molecular weight excluding hydrogens is 342 g/mol. The number of carbonyl (C=O) groups excluding carboxylic acids is 1. The molecule has 0 aromatic heterocycles. The molecule has 1 aromatic carbocycles. The summed E-state index contributed by atoms with van der Waals surface area (Å²) in [5, 5.41) is 13.3. The van der Waals surface area contributed by atoms with Crippen LogP contribution in [0.25, 0.3) is 0 Å². The fraction of sp³-hybridized carbons (Fsp3) is 0.632. The number of ether oxygens (including phenoxy) is 2. The maximum atomic E-state index is 10.7. The molecule has 1 unspecified atom stereocenters. The summed E-state index contributed by atoms with van der Waals surface area (Å²) < 4.78 is 11.1. The van der Waals surface area contributed by atoms with Crippen LogP contribution in [0.2, 0.25) is 0 Å². The van der Waals surface area contributed by atoms with Crippen LogP contribution >= 0.6 is 12.4 Å². The fourth-order valence-electron chi connectivity index (χ4n) is 2.26. The van der Waals surface area contributed by atoms with Gasteiger partial charge in [-0.3, -0.25) is 0 Å². The molecule has 144 valence electrons. The molecule has 0 fully saturated rings. The number of β-amino-alcohol motifs (C(OH)–C–C–N with tert-alkyl or cyclic N) is 1. The van der Waals surface area contributed by atoms with Gasteiger partial charge in [0, 0.05) is 24.6 Å². The Morgan fingerprint density at radius 1 is 1.32 bits per heavy atom. The van der Waals surface area contributed by atoms with Gasteiger partial charge >= 0.3 is 0 Å². The number of carbonyl (C=O) groups is 1. The van der Waals surface area contributed by atoms with E-state index in [1.54, 1.807) is 7.11 Å². The summed E-state index contributed by atoms with van der Waals surface area (Å²) >= 11 is 0. The number of aliphatic hydroxyl groups excluding tert-OH is 1. The molecule has 2 atom stereocenters. The first-order valence-electron chi connectivity index (χ1n) is 8.41. The number of nitrogens with one attached hydrogen (secondary N) is 1. The van der Waals surface area contributed by atoms with Gasteiger partial charge in [-0.05, 0) is 44.7 Å². The number of benzene rings is 1. The van der Waals surface area contributed by atoms with Crippen LogP contribution in [0.3, 0.4) is 0 Å². The van der Waals surface area contributed by atoms with Crippen molar-refractivity contribution in [3.63, 3.8) is 0 Å². The molecule has 0 saturated carbocycles. The van der Waals surface area contributed by atoms with Gasteiger partial charge in [-0.2, -0.15) is 0 Å². The van der Waals surface area contributed by atoms with E-state index in [9.17, 15) is 9.90 Å². The third kappa shape index (κ3) is 9.68. The van der Waals surface area contributed by atoms with E-state index in [1.165, 1.54) is 0 Å². The first kappa shape index (κ1) is 23.7. The van der Waals surface area contributed by atoms with E-state index in [2.05, 4.69) is 26.1 Å². The van der Waals surface area contributed by atoms with Crippen molar-refractivity contribution < 1.29 is 19.4 Å². The maximum absolute atomic E-state index is 10.7. The van der Waals surface area contributed by atoms with E-state index < -0.39 is 6.10 Å². The minimum atomic E-state index is -0.601. The lowest BCUT2D eigenvalue weighted by Crippen LogP contribution is -2.42. The number of hydrogen-bond acceptors (Lipinski definition) is 5. The molecule has 0 aliphatic carbocycles. The highest BCUT2D eigenvalue weighted by Gasteiger charge is 2.15. The molecule has 5 nitrogen and oxygen atoms in total. The van der Waals surface area contributed by atoms with Crippen LogP contribution in [-0.2, 0) is 11.2 Å². The van der Waals surface area contributed by atoms with Crippen molar-refractivity contribution in [3.8, 4) is 11.5 Å². The number of hydrogen-bond donors (Lipinski definition) is 2. The Kier molecular flexibility index (Phi) is 10.8. The second kappa shape index (κ2) is 11.3. The minimum absolute atomic E-state index is 0. The predicted octanol–water partition coefficient (Wildman–Crippen LogP) is 3.01. The third-order valence-electron chi connectivity index (χ3n) is 3.64. The molecule has 0 bridgehead atoms. The summed E-state index contributed by atoms with van der Waals surface area (Å²) in [7, 11) is 1.61. The van der Waals surface area contributed by atoms with E-state index in [1.807, 2.05) is 25.1 Å². The SMILES string of the molecule is COc1ccc(C[C@@H](C)CC=O)c(OCC(O)CNC(C)(C)C)c1.Cl. The smallest absolute Gasteiger partial charge is 0.126 e. The number of aldehydes is 1. The first-order valence-corrected chi connectivity index (χ1v) is 8.41. The highest BCUT2D eigenvalue weighted by molar-refractivity contribution is 5.85. The second-order valence-corrected chi connectivity index (χ2v) is 7.28. The Morgan fingerprint density at radius 3 is 2.56 bits per heavy atom. The molecule has 1 aromatic rings. The predicted molar refractivity (Wildman–Crippen MR) is 103 cm³/mol. The van der Waals surface area contributed by atoms with E-state index in [-0.39, 0.29) is 30.5 Å². The zero-order valence-corrected chi connectivity index (χ0v) is 16.7. The minimum Gasteiger partial charge on any atom is -0.497 e. The Labute approximate surface area is 157 Å². The van der Waals surface area contributed by atoms with Crippen LogP contribution in [-0.4, -0.2) is 43.3 Å². The maximum Gasteiger partial charge on any atom is 0.126 e. The number of halogens is 1. The molecular formula is C19H32ClNO4. The molecule has 0 aliphatic heterocycles. The number of methoxy groups -OCH3 is 1. The molecule has 1 rings (SSSR count). The molecule has 0 radical (unpaired) electrons. The van der Waals surface area contributed by atoms with Gasteiger partial charge in [0.15, 0.2) is 0 Å². The summed E-state index contributed by atoms with van der Waals surface area (Å²) in [6, 6.07) is 5.66. The van der Waals surface area contributed by atoms with Gasteiger partial charge in [0.2, 0.25) is 0 Å². The summed E-state index contributed by atoms with van der Waals surface area (Å²) in [4.78, 5) is 10.7. The van der Waals surface area contributed by atoms with Gasteiger partial charge in [0.05, 0.1) is 7.11 Å². The molecule has 0 saturated heterocycles. The molecule has 0 spiro atoms. The van der Waals surface area contributed by atoms with Gasteiger partial charge in [-0.1, -0.05) is 13.0 Å². The average Bonchev–Trinajstić information content (AvgIpc) is 2.51. The second-order valence-electron chi connectivity index (χ2n) is 7.28. The van der Waals surface area contributed by atoms with Gasteiger partial charge in [-0.25, -0.2) is 0 Å². The Morgan fingerprint density at radius 2 is 2.00 bits per heavy atom. The van der Waals surface area contributed by atoms with Gasteiger partial charge in [0.1, 0.15) is 30.5 Å². The molecule has 2 N–H and O–H groups in total. The highest BCUT2D eigenvalue weighted by Crippen LogP contribution is 2.27. The lowest BCUT2D eigenvalue weighted by molar-refractivity contribution is -0.108. The molecule has 0 heterocycles. The van der Waals surface area contributed by atoms with Crippen LogP contribution < -0.4 is 14.8 Å². The zero-order chi connectivity index (χ0) is 18.2. The molecule has 0 aliphatic rings. The Bertz CT molecular complexity index is 517. The number of rotatable bonds is 10. The van der Waals surface area contributed by atoms with Crippen molar-refractivity contribution in [3.05, 3.63) is 23.8 Å². The molecule has 0 amide bonds. The zero-order valence-electron chi connectivity index (χ0n) is 15.9. The molecule has 6 heteroatoms. The van der Waals surface area contributed by atoms with E-state index >= 15 is 0 Å². The summed E-state index contributed by atoms with van der Waals surface area (Å²) in [6.07, 6.45) is 1.60. The van der Waals surface area contributed by atoms with Crippen LogP contribution in [0.5, 0.6) is 11.5 Å². The quantitative estimate of drug-likeness (QED) is 0.617. The van der Waals surface area contributed by atoms with Crippen molar-refractivity contribution in [2.75, 3.05) is 20.3 Å².